The molecule has 0 aromatic rings. The standard InChI is InChI=1S/C20H22/c1-14-10-18-12-16-8-4-5-9-17(16)13-20(18)19(14)11-15-6-2-3-7-15/h2-3,6,10,13H,4-5,7-9,11-12H2,1H3. The van der Waals surface area contributed by atoms with Gasteiger partial charge in [-0.3, -0.25) is 0 Å². The molecule has 0 saturated heterocycles. The van der Waals surface area contributed by atoms with Crippen LogP contribution in [0, 0.1) is 0 Å². The van der Waals surface area contributed by atoms with Crippen molar-refractivity contribution in [2.75, 3.05) is 0 Å². The summed E-state index contributed by atoms with van der Waals surface area (Å²) in [4.78, 5) is 0. The Labute approximate surface area is 122 Å². The number of fused-ring (bicyclic) bond motifs is 1. The molecular formula is C20H22. The van der Waals surface area contributed by atoms with Crippen LogP contribution in [0.2, 0.25) is 0 Å². The summed E-state index contributed by atoms with van der Waals surface area (Å²) in [5.74, 6) is 0. The van der Waals surface area contributed by atoms with E-state index in [4.69, 9.17) is 0 Å². The van der Waals surface area contributed by atoms with Crippen LogP contribution >= 0.6 is 0 Å². The van der Waals surface area contributed by atoms with Gasteiger partial charge < -0.3 is 0 Å². The number of hydrogen-bond acceptors (Lipinski definition) is 0. The van der Waals surface area contributed by atoms with Gasteiger partial charge >= 0.3 is 0 Å². The zero-order valence-corrected chi connectivity index (χ0v) is 12.3. The van der Waals surface area contributed by atoms with Crippen LogP contribution in [0.25, 0.3) is 0 Å². The first kappa shape index (κ1) is 12.2. The van der Waals surface area contributed by atoms with E-state index in [1.165, 1.54) is 37.7 Å². The summed E-state index contributed by atoms with van der Waals surface area (Å²) in [7, 11) is 0. The molecule has 0 radical (unpaired) electrons. The van der Waals surface area contributed by atoms with Crippen LogP contribution in [-0.4, -0.2) is 0 Å². The molecule has 0 fully saturated rings. The van der Waals surface area contributed by atoms with Crippen LogP contribution in [0.15, 0.2) is 69.4 Å². The second-order valence-corrected chi connectivity index (χ2v) is 6.54. The lowest BCUT2D eigenvalue weighted by Gasteiger charge is -2.25. The minimum atomic E-state index is 1.15. The molecule has 0 bridgehead atoms. The van der Waals surface area contributed by atoms with E-state index >= 15 is 0 Å². The van der Waals surface area contributed by atoms with Crippen LogP contribution in [0.1, 0.15) is 51.9 Å². The van der Waals surface area contributed by atoms with Gasteiger partial charge in [0.05, 0.1) is 0 Å². The molecule has 0 heterocycles. The van der Waals surface area contributed by atoms with Gasteiger partial charge in [-0.2, -0.15) is 0 Å². The molecule has 0 atom stereocenters. The normalized spacial score (nSPS) is 24.6. The molecule has 0 heteroatoms. The summed E-state index contributed by atoms with van der Waals surface area (Å²) in [6.07, 6.45) is 20.7. The molecule has 102 valence electrons. The highest BCUT2D eigenvalue weighted by Gasteiger charge is 2.26. The van der Waals surface area contributed by atoms with Gasteiger partial charge in [0.15, 0.2) is 0 Å². The summed E-state index contributed by atoms with van der Waals surface area (Å²) >= 11 is 0. The smallest absolute Gasteiger partial charge is 0.00522 e. The topological polar surface area (TPSA) is 0 Å². The van der Waals surface area contributed by atoms with Gasteiger partial charge in [0.2, 0.25) is 0 Å². The predicted octanol–water partition coefficient (Wildman–Crippen LogP) is 5.72. The van der Waals surface area contributed by atoms with Gasteiger partial charge in [0.25, 0.3) is 0 Å². The molecular weight excluding hydrogens is 240 g/mol. The molecule has 0 saturated carbocycles. The Balaban J connectivity index is 1.66. The van der Waals surface area contributed by atoms with Crippen molar-refractivity contribution in [1.82, 2.24) is 0 Å². The first-order chi connectivity index (χ1) is 9.81. The second-order valence-electron chi connectivity index (χ2n) is 6.54. The molecule has 0 unspecified atom stereocenters. The van der Waals surface area contributed by atoms with E-state index < -0.39 is 0 Å². The molecule has 20 heavy (non-hydrogen) atoms. The maximum absolute atomic E-state index is 2.53. The van der Waals surface area contributed by atoms with Gasteiger partial charge in [0.1, 0.15) is 0 Å². The lowest BCUT2D eigenvalue weighted by Crippen LogP contribution is -2.07. The Morgan fingerprint density at radius 1 is 1.10 bits per heavy atom. The lowest BCUT2D eigenvalue weighted by molar-refractivity contribution is 0.664. The molecule has 0 spiro atoms. The fourth-order valence-electron chi connectivity index (χ4n) is 4.01. The van der Waals surface area contributed by atoms with Crippen molar-refractivity contribution in [2.24, 2.45) is 0 Å². The molecule has 0 aromatic heterocycles. The predicted molar refractivity (Wildman–Crippen MR) is 85.4 cm³/mol. The largest absolute Gasteiger partial charge is 0.0804 e. The zero-order valence-electron chi connectivity index (χ0n) is 12.3. The summed E-state index contributed by atoms with van der Waals surface area (Å²) < 4.78 is 0. The van der Waals surface area contributed by atoms with Crippen molar-refractivity contribution in [1.29, 1.82) is 0 Å². The Morgan fingerprint density at radius 3 is 2.85 bits per heavy atom. The van der Waals surface area contributed by atoms with Crippen molar-refractivity contribution in [3.8, 4) is 0 Å². The highest BCUT2D eigenvalue weighted by Crippen LogP contribution is 2.45. The summed E-state index contributed by atoms with van der Waals surface area (Å²) in [5.41, 5.74) is 11.2. The second kappa shape index (κ2) is 4.77. The molecule has 0 aliphatic heterocycles. The van der Waals surface area contributed by atoms with E-state index in [9.17, 15) is 0 Å². The molecule has 0 nitrogen and oxygen atoms in total. The van der Waals surface area contributed by atoms with E-state index in [0.717, 1.165) is 12.8 Å². The van der Waals surface area contributed by atoms with Crippen LogP contribution in [0.4, 0.5) is 0 Å². The van der Waals surface area contributed by atoms with E-state index in [1.54, 1.807) is 33.4 Å². The zero-order chi connectivity index (χ0) is 13.5. The van der Waals surface area contributed by atoms with Crippen LogP contribution in [0.5, 0.6) is 0 Å². The maximum atomic E-state index is 2.53. The van der Waals surface area contributed by atoms with Gasteiger partial charge in [-0.15, -0.1) is 0 Å². The Bertz CT molecular complexity index is 642. The van der Waals surface area contributed by atoms with Crippen molar-refractivity contribution in [3.05, 3.63) is 69.4 Å². The van der Waals surface area contributed by atoms with Crippen LogP contribution in [0.3, 0.4) is 0 Å². The average Bonchev–Trinajstić information content (AvgIpc) is 3.06. The Morgan fingerprint density at radius 2 is 2.00 bits per heavy atom. The van der Waals surface area contributed by atoms with Crippen molar-refractivity contribution < 1.29 is 0 Å². The Hall–Kier alpha value is -1.56. The monoisotopic (exact) mass is 262 g/mol. The minimum absolute atomic E-state index is 1.15. The molecule has 4 rings (SSSR count). The number of hydrogen-bond donors (Lipinski definition) is 0. The first-order valence-electron chi connectivity index (χ1n) is 7.99. The summed E-state index contributed by atoms with van der Waals surface area (Å²) in [6.45, 7) is 2.30. The van der Waals surface area contributed by atoms with Gasteiger partial charge in [0, 0.05) is 0 Å². The van der Waals surface area contributed by atoms with Crippen LogP contribution in [-0.2, 0) is 0 Å². The van der Waals surface area contributed by atoms with Crippen molar-refractivity contribution in [3.63, 3.8) is 0 Å². The number of rotatable bonds is 2. The van der Waals surface area contributed by atoms with Gasteiger partial charge in [-0.1, -0.05) is 41.5 Å². The van der Waals surface area contributed by atoms with E-state index in [2.05, 4.69) is 37.3 Å². The molecule has 0 N–H and O–H groups in total. The first-order valence-corrected chi connectivity index (χ1v) is 7.99. The van der Waals surface area contributed by atoms with Crippen molar-refractivity contribution >= 4 is 0 Å². The van der Waals surface area contributed by atoms with Crippen LogP contribution < -0.4 is 0 Å². The third kappa shape index (κ3) is 1.98. The third-order valence-electron chi connectivity index (χ3n) is 5.14. The maximum Gasteiger partial charge on any atom is -0.00522 e. The quantitative estimate of drug-likeness (QED) is 0.597. The van der Waals surface area contributed by atoms with E-state index in [1.807, 2.05) is 0 Å². The third-order valence-corrected chi connectivity index (χ3v) is 5.14. The number of allylic oxidation sites excluding steroid dienone is 12. The molecule has 0 amide bonds. The highest BCUT2D eigenvalue weighted by atomic mass is 14.3. The van der Waals surface area contributed by atoms with Gasteiger partial charge in [-0.05, 0) is 79.7 Å². The minimum Gasteiger partial charge on any atom is -0.0804 e. The molecule has 4 aliphatic rings. The van der Waals surface area contributed by atoms with Crippen molar-refractivity contribution in [2.45, 2.75) is 51.9 Å². The lowest BCUT2D eigenvalue weighted by atomic mass is 9.79. The SMILES string of the molecule is CC1=C(CC2=CC=CC2)C2=CC3=C(CCCC3)CC2=C1. The van der Waals surface area contributed by atoms with E-state index in [0.29, 0.717) is 0 Å². The highest BCUT2D eigenvalue weighted by molar-refractivity contribution is 5.65. The van der Waals surface area contributed by atoms with E-state index in [-0.39, 0.29) is 0 Å². The summed E-state index contributed by atoms with van der Waals surface area (Å²) in [6, 6.07) is 0. The Kier molecular flexibility index (Phi) is 2.91. The molecule has 4 aliphatic carbocycles. The summed E-state index contributed by atoms with van der Waals surface area (Å²) in [5, 5.41) is 0. The average molecular weight is 262 g/mol. The molecule has 0 aromatic carbocycles. The fraction of sp³-hybridized carbons (Fsp3) is 0.400. The van der Waals surface area contributed by atoms with Gasteiger partial charge in [-0.25, -0.2) is 0 Å². The fourth-order valence-corrected chi connectivity index (χ4v) is 4.01.